The molecular formula is C16H20N2O3. The summed E-state index contributed by atoms with van der Waals surface area (Å²) in [6, 6.07) is 11.3. The molecule has 1 aromatic heterocycles. The van der Waals surface area contributed by atoms with E-state index in [4.69, 9.17) is 9.15 Å². The molecule has 0 fully saturated rings. The van der Waals surface area contributed by atoms with Gasteiger partial charge in [0.05, 0.1) is 19.4 Å². The van der Waals surface area contributed by atoms with Crippen LogP contribution in [0.4, 0.5) is 4.79 Å². The number of carbonyl (C=O) groups excluding carboxylic acids is 1. The van der Waals surface area contributed by atoms with E-state index < -0.39 is 0 Å². The molecule has 0 spiro atoms. The molecule has 0 aliphatic heterocycles. The average molecular weight is 288 g/mol. The lowest BCUT2D eigenvalue weighted by Gasteiger charge is -2.18. The van der Waals surface area contributed by atoms with E-state index in [1.165, 1.54) is 0 Å². The first-order valence-electron chi connectivity index (χ1n) is 6.86. The Morgan fingerprint density at radius 2 is 2.19 bits per heavy atom. The van der Waals surface area contributed by atoms with Crippen molar-refractivity contribution in [3.63, 3.8) is 0 Å². The van der Waals surface area contributed by atoms with Crippen LogP contribution >= 0.6 is 0 Å². The summed E-state index contributed by atoms with van der Waals surface area (Å²) in [5.74, 6) is 1.55. The molecule has 5 heteroatoms. The Kier molecular flexibility index (Phi) is 5.26. The van der Waals surface area contributed by atoms with Gasteiger partial charge in [-0.25, -0.2) is 4.79 Å². The van der Waals surface area contributed by atoms with Gasteiger partial charge < -0.3 is 19.4 Å². The number of hydrogen-bond acceptors (Lipinski definition) is 3. The number of likely N-dealkylation sites (N-methyl/N-ethyl adjacent to an activating group) is 1. The van der Waals surface area contributed by atoms with Crippen LogP contribution in [0.5, 0.6) is 5.75 Å². The minimum atomic E-state index is -0.153. The fraction of sp³-hybridized carbons (Fsp3) is 0.312. The van der Waals surface area contributed by atoms with Crippen LogP contribution in [0.2, 0.25) is 0 Å². The van der Waals surface area contributed by atoms with Gasteiger partial charge in [0, 0.05) is 7.05 Å². The molecule has 0 aliphatic rings. The summed E-state index contributed by atoms with van der Waals surface area (Å²) in [5, 5.41) is 2.78. The number of hydrogen-bond donors (Lipinski definition) is 1. The number of rotatable bonds is 6. The largest absolute Gasteiger partial charge is 0.492 e. The Hall–Kier alpha value is -2.43. The van der Waals surface area contributed by atoms with Crippen molar-refractivity contribution >= 4 is 6.03 Å². The third-order valence-corrected chi connectivity index (χ3v) is 3.03. The van der Waals surface area contributed by atoms with Gasteiger partial charge in [-0.3, -0.25) is 0 Å². The number of amides is 2. The lowest BCUT2D eigenvalue weighted by molar-refractivity contribution is 0.194. The van der Waals surface area contributed by atoms with Gasteiger partial charge in [-0.15, -0.1) is 0 Å². The summed E-state index contributed by atoms with van der Waals surface area (Å²) in [5.41, 5.74) is 1.15. The quantitative estimate of drug-likeness (QED) is 0.889. The van der Waals surface area contributed by atoms with E-state index >= 15 is 0 Å². The molecule has 1 heterocycles. The minimum Gasteiger partial charge on any atom is -0.492 e. The van der Waals surface area contributed by atoms with Crippen LogP contribution < -0.4 is 10.1 Å². The number of ether oxygens (including phenoxy) is 1. The van der Waals surface area contributed by atoms with Crippen LogP contribution in [0.1, 0.15) is 11.3 Å². The van der Waals surface area contributed by atoms with E-state index in [1.54, 1.807) is 24.3 Å². The SMILES string of the molecule is Cc1cccc(OCCN(C)C(=O)NCc2ccco2)c1. The highest BCUT2D eigenvalue weighted by molar-refractivity contribution is 5.73. The second-order valence-electron chi connectivity index (χ2n) is 4.82. The van der Waals surface area contributed by atoms with Crippen molar-refractivity contribution in [1.82, 2.24) is 10.2 Å². The Balaban J connectivity index is 1.68. The van der Waals surface area contributed by atoms with Crippen LogP contribution in [0.15, 0.2) is 47.1 Å². The lowest BCUT2D eigenvalue weighted by Crippen LogP contribution is -2.38. The van der Waals surface area contributed by atoms with Crippen molar-refractivity contribution in [1.29, 1.82) is 0 Å². The Bertz CT molecular complexity index is 567. The highest BCUT2D eigenvalue weighted by Crippen LogP contribution is 2.12. The molecule has 0 bridgehead atoms. The molecule has 2 rings (SSSR count). The highest BCUT2D eigenvalue weighted by atomic mass is 16.5. The number of aryl methyl sites for hydroxylation is 1. The maximum Gasteiger partial charge on any atom is 0.317 e. The Labute approximate surface area is 124 Å². The number of urea groups is 1. The van der Waals surface area contributed by atoms with Crippen molar-refractivity contribution in [2.75, 3.05) is 20.2 Å². The molecule has 2 aromatic rings. The predicted molar refractivity (Wildman–Crippen MR) is 80.2 cm³/mol. The molecule has 0 saturated heterocycles. The predicted octanol–water partition coefficient (Wildman–Crippen LogP) is 2.81. The smallest absolute Gasteiger partial charge is 0.317 e. The highest BCUT2D eigenvalue weighted by Gasteiger charge is 2.08. The Morgan fingerprint density at radius 1 is 1.33 bits per heavy atom. The maximum absolute atomic E-state index is 11.9. The third-order valence-electron chi connectivity index (χ3n) is 3.03. The van der Waals surface area contributed by atoms with Gasteiger partial charge in [0.1, 0.15) is 18.1 Å². The van der Waals surface area contributed by atoms with Gasteiger partial charge in [0.25, 0.3) is 0 Å². The van der Waals surface area contributed by atoms with Crippen LogP contribution in [-0.4, -0.2) is 31.1 Å². The molecule has 21 heavy (non-hydrogen) atoms. The summed E-state index contributed by atoms with van der Waals surface area (Å²) in [6.07, 6.45) is 1.58. The minimum absolute atomic E-state index is 0.153. The van der Waals surface area contributed by atoms with E-state index in [0.29, 0.717) is 19.7 Å². The third kappa shape index (κ3) is 4.87. The fourth-order valence-corrected chi connectivity index (χ4v) is 1.82. The fourth-order valence-electron chi connectivity index (χ4n) is 1.82. The van der Waals surface area contributed by atoms with Crippen molar-refractivity contribution in [2.24, 2.45) is 0 Å². The molecular weight excluding hydrogens is 268 g/mol. The summed E-state index contributed by atoms with van der Waals surface area (Å²) in [7, 11) is 1.73. The molecule has 0 aliphatic carbocycles. The van der Waals surface area contributed by atoms with Gasteiger partial charge in [0.2, 0.25) is 0 Å². The van der Waals surface area contributed by atoms with E-state index in [0.717, 1.165) is 17.1 Å². The Morgan fingerprint density at radius 3 is 2.90 bits per heavy atom. The topological polar surface area (TPSA) is 54.7 Å². The van der Waals surface area contributed by atoms with Crippen molar-refractivity contribution in [3.8, 4) is 5.75 Å². The van der Waals surface area contributed by atoms with E-state index in [1.807, 2.05) is 37.3 Å². The zero-order valence-corrected chi connectivity index (χ0v) is 12.3. The van der Waals surface area contributed by atoms with Crippen molar-refractivity contribution in [2.45, 2.75) is 13.5 Å². The standard InChI is InChI=1S/C16H20N2O3/c1-13-5-3-6-14(11-13)21-10-8-18(2)16(19)17-12-15-7-4-9-20-15/h3-7,9,11H,8,10,12H2,1-2H3,(H,17,19). The number of nitrogens with zero attached hydrogens (tertiary/aromatic N) is 1. The first-order chi connectivity index (χ1) is 10.1. The molecule has 0 radical (unpaired) electrons. The summed E-state index contributed by atoms with van der Waals surface area (Å²) in [4.78, 5) is 13.4. The van der Waals surface area contributed by atoms with E-state index in [9.17, 15) is 4.79 Å². The zero-order valence-electron chi connectivity index (χ0n) is 12.3. The van der Waals surface area contributed by atoms with Crippen LogP contribution in [0, 0.1) is 6.92 Å². The first-order valence-corrected chi connectivity index (χ1v) is 6.86. The number of nitrogens with one attached hydrogen (secondary N) is 1. The second-order valence-corrected chi connectivity index (χ2v) is 4.82. The van der Waals surface area contributed by atoms with Crippen LogP contribution in [-0.2, 0) is 6.54 Å². The molecule has 1 N–H and O–H groups in total. The molecule has 0 atom stereocenters. The molecule has 5 nitrogen and oxygen atoms in total. The van der Waals surface area contributed by atoms with Gasteiger partial charge in [-0.1, -0.05) is 12.1 Å². The van der Waals surface area contributed by atoms with Crippen LogP contribution in [0.3, 0.4) is 0 Å². The maximum atomic E-state index is 11.9. The summed E-state index contributed by atoms with van der Waals surface area (Å²) >= 11 is 0. The molecule has 112 valence electrons. The van der Waals surface area contributed by atoms with Gasteiger partial charge in [-0.05, 0) is 36.8 Å². The van der Waals surface area contributed by atoms with E-state index in [-0.39, 0.29) is 6.03 Å². The van der Waals surface area contributed by atoms with Crippen LogP contribution in [0.25, 0.3) is 0 Å². The normalized spacial score (nSPS) is 10.2. The molecule has 0 saturated carbocycles. The number of carbonyl (C=O) groups is 1. The van der Waals surface area contributed by atoms with Gasteiger partial charge in [-0.2, -0.15) is 0 Å². The first kappa shape index (κ1) is 15.0. The van der Waals surface area contributed by atoms with Crippen molar-refractivity contribution < 1.29 is 13.9 Å². The molecule has 2 amide bonds. The summed E-state index contributed by atoms with van der Waals surface area (Å²) < 4.78 is 10.8. The van der Waals surface area contributed by atoms with Gasteiger partial charge >= 0.3 is 6.03 Å². The average Bonchev–Trinajstić information content (AvgIpc) is 2.98. The second kappa shape index (κ2) is 7.38. The van der Waals surface area contributed by atoms with Crippen molar-refractivity contribution in [3.05, 3.63) is 54.0 Å². The van der Waals surface area contributed by atoms with E-state index in [2.05, 4.69) is 5.32 Å². The molecule has 0 unspecified atom stereocenters. The molecule has 1 aromatic carbocycles. The monoisotopic (exact) mass is 288 g/mol. The lowest BCUT2D eigenvalue weighted by atomic mass is 10.2. The number of furan rings is 1. The summed E-state index contributed by atoms with van der Waals surface area (Å²) in [6.45, 7) is 3.36. The van der Waals surface area contributed by atoms with Gasteiger partial charge in [0.15, 0.2) is 0 Å². The zero-order chi connectivity index (χ0) is 15.1. The number of benzene rings is 1.